The minimum atomic E-state index is 0.0813. The Morgan fingerprint density at radius 2 is 2.00 bits per heavy atom. The molecule has 0 atom stereocenters. The van der Waals surface area contributed by atoms with Crippen LogP contribution in [0.5, 0.6) is 0 Å². The maximum Gasteiger partial charge on any atom is 0.195 e. The van der Waals surface area contributed by atoms with Crippen LogP contribution in [0.1, 0.15) is 30.7 Å². The summed E-state index contributed by atoms with van der Waals surface area (Å²) >= 11 is 1.76. The molecule has 0 saturated heterocycles. The zero-order valence-corrected chi connectivity index (χ0v) is 10.8. The highest BCUT2D eigenvalue weighted by Crippen LogP contribution is 2.38. The molecule has 1 aromatic carbocycles. The minimum Gasteiger partial charge on any atom is -0.289 e. The van der Waals surface area contributed by atoms with Crippen LogP contribution in [0.3, 0.4) is 0 Å². The molecule has 1 nitrogen and oxygen atoms in total. The van der Waals surface area contributed by atoms with Crippen molar-refractivity contribution in [3.63, 3.8) is 0 Å². The first-order chi connectivity index (χ1) is 8.09. The van der Waals surface area contributed by atoms with Gasteiger partial charge in [0.2, 0.25) is 0 Å². The summed E-state index contributed by atoms with van der Waals surface area (Å²) in [6.07, 6.45) is 5.12. The maximum absolute atomic E-state index is 12.4. The van der Waals surface area contributed by atoms with E-state index in [1.807, 2.05) is 30.3 Å². The fraction of sp³-hybridized carbons (Fsp3) is 0.267. The third-order valence-electron chi connectivity index (χ3n) is 3.36. The topological polar surface area (TPSA) is 17.1 Å². The van der Waals surface area contributed by atoms with Crippen molar-refractivity contribution >= 4 is 27.5 Å². The second-order valence-corrected chi connectivity index (χ2v) is 6.21. The number of hydrogen-bond donors (Lipinski definition) is 0. The van der Waals surface area contributed by atoms with E-state index in [2.05, 4.69) is 19.9 Å². The lowest BCUT2D eigenvalue weighted by atomic mass is 9.81. The van der Waals surface area contributed by atoms with Crippen LogP contribution < -0.4 is 5.43 Å². The molecule has 1 aliphatic rings. The van der Waals surface area contributed by atoms with E-state index < -0.39 is 0 Å². The van der Waals surface area contributed by atoms with Gasteiger partial charge in [0.15, 0.2) is 5.43 Å². The van der Waals surface area contributed by atoms with Gasteiger partial charge in [0.05, 0.1) is 0 Å². The summed E-state index contributed by atoms with van der Waals surface area (Å²) < 4.78 is 1.10. The Balaban J connectivity index is 2.48. The zero-order valence-electron chi connectivity index (χ0n) is 9.99. The molecule has 0 bridgehead atoms. The molecule has 0 amide bonds. The molecule has 2 aromatic rings. The van der Waals surface area contributed by atoms with E-state index in [-0.39, 0.29) is 10.8 Å². The Bertz CT molecular complexity index is 677. The molecule has 2 heteroatoms. The van der Waals surface area contributed by atoms with Crippen molar-refractivity contribution in [3.05, 3.63) is 51.0 Å². The normalized spacial score (nSPS) is 17.1. The van der Waals surface area contributed by atoms with Gasteiger partial charge in [-0.15, -0.1) is 11.3 Å². The van der Waals surface area contributed by atoms with Crippen molar-refractivity contribution < 1.29 is 0 Å². The molecule has 0 aliphatic heterocycles. The number of fused-ring (bicyclic) bond motifs is 2. The van der Waals surface area contributed by atoms with Gasteiger partial charge >= 0.3 is 0 Å². The number of allylic oxidation sites excluding steroid dienone is 1. The standard InChI is InChI=1S/C15H14OS/c1-15(2)9-5-7-11-13(16)10-6-3-4-8-12(10)17-14(11)15/h3-8H,9H2,1-2H3. The van der Waals surface area contributed by atoms with Crippen molar-refractivity contribution in [2.24, 2.45) is 0 Å². The number of rotatable bonds is 0. The maximum atomic E-state index is 12.4. The molecule has 86 valence electrons. The molecule has 0 radical (unpaired) electrons. The highest BCUT2D eigenvalue weighted by molar-refractivity contribution is 7.18. The molecule has 0 spiro atoms. The number of benzene rings is 1. The van der Waals surface area contributed by atoms with Crippen LogP contribution in [0, 0.1) is 0 Å². The van der Waals surface area contributed by atoms with Crippen LogP contribution in [0.25, 0.3) is 16.2 Å². The van der Waals surface area contributed by atoms with Gasteiger partial charge in [-0.3, -0.25) is 4.79 Å². The average molecular weight is 242 g/mol. The molecule has 17 heavy (non-hydrogen) atoms. The van der Waals surface area contributed by atoms with Gasteiger partial charge in [-0.25, -0.2) is 0 Å². The predicted molar refractivity (Wildman–Crippen MR) is 74.8 cm³/mol. The van der Waals surface area contributed by atoms with Gasteiger partial charge in [-0.1, -0.05) is 38.1 Å². The summed E-state index contributed by atoms with van der Waals surface area (Å²) in [4.78, 5) is 13.6. The Hall–Kier alpha value is -1.41. The second kappa shape index (κ2) is 3.54. The molecule has 3 rings (SSSR count). The first-order valence-corrected chi connectivity index (χ1v) is 6.64. The van der Waals surface area contributed by atoms with Gasteiger partial charge in [0, 0.05) is 25.9 Å². The summed E-state index contributed by atoms with van der Waals surface area (Å²) in [7, 11) is 0. The predicted octanol–water partition coefficient (Wildman–Crippen LogP) is 3.96. The van der Waals surface area contributed by atoms with Gasteiger partial charge in [0.1, 0.15) is 0 Å². The molecule has 0 N–H and O–H groups in total. The Labute approximate surface area is 104 Å². The van der Waals surface area contributed by atoms with Crippen LogP contribution in [-0.4, -0.2) is 0 Å². The Kier molecular flexibility index (Phi) is 2.23. The SMILES string of the molecule is CC1(C)CC=Cc2c1sc1ccccc1c2=O. The summed E-state index contributed by atoms with van der Waals surface area (Å²) in [5.74, 6) is 0. The average Bonchev–Trinajstić information content (AvgIpc) is 2.31. The van der Waals surface area contributed by atoms with Crippen LogP contribution in [0.2, 0.25) is 0 Å². The van der Waals surface area contributed by atoms with E-state index in [0.29, 0.717) is 0 Å². The lowest BCUT2D eigenvalue weighted by Crippen LogP contribution is -2.23. The first-order valence-electron chi connectivity index (χ1n) is 5.82. The highest BCUT2D eigenvalue weighted by atomic mass is 32.1. The lowest BCUT2D eigenvalue weighted by molar-refractivity contribution is 0.540. The Morgan fingerprint density at radius 3 is 2.82 bits per heavy atom. The number of hydrogen-bond acceptors (Lipinski definition) is 2. The largest absolute Gasteiger partial charge is 0.289 e. The van der Waals surface area contributed by atoms with Crippen LogP contribution in [0.15, 0.2) is 35.1 Å². The molecule has 0 unspecified atom stereocenters. The summed E-state index contributed by atoms with van der Waals surface area (Å²) in [5.41, 5.74) is 1.15. The summed E-state index contributed by atoms with van der Waals surface area (Å²) in [5, 5.41) is 0.846. The summed E-state index contributed by atoms with van der Waals surface area (Å²) in [6, 6.07) is 7.89. The van der Waals surface area contributed by atoms with Gasteiger partial charge in [-0.2, -0.15) is 0 Å². The van der Waals surface area contributed by atoms with Crippen molar-refractivity contribution in [3.8, 4) is 0 Å². The van der Waals surface area contributed by atoms with E-state index >= 15 is 0 Å². The van der Waals surface area contributed by atoms with Crippen molar-refractivity contribution in [1.82, 2.24) is 0 Å². The van der Waals surface area contributed by atoms with Gasteiger partial charge < -0.3 is 0 Å². The minimum absolute atomic E-state index is 0.0813. The van der Waals surface area contributed by atoms with E-state index in [1.54, 1.807) is 11.3 Å². The van der Waals surface area contributed by atoms with E-state index in [0.717, 1.165) is 22.1 Å². The third kappa shape index (κ3) is 1.55. The van der Waals surface area contributed by atoms with Gasteiger partial charge in [0.25, 0.3) is 0 Å². The van der Waals surface area contributed by atoms with Crippen LogP contribution >= 0.6 is 11.3 Å². The van der Waals surface area contributed by atoms with Crippen molar-refractivity contribution in [1.29, 1.82) is 0 Å². The lowest BCUT2D eigenvalue weighted by Gasteiger charge is -2.27. The van der Waals surface area contributed by atoms with Crippen molar-refractivity contribution in [2.45, 2.75) is 25.7 Å². The Morgan fingerprint density at radius 1 is 1.24 bits per heavy atom. The van der Waals surface area contributed by atoms with Crippen LogP contribution in [0.4, 0.5) is 0 Å². The van der Waals surface area contributed by atoms with E-state index in [4.69, 9.17) is 0 Å². The molecular weight excluding hydrogens is 228 g/mol. The second-order valence-electron chi connectivity index (χ2n) is 5.16. The molecular formula is C15H14OS. The fourth-order valence-electron chi connectivity index (χ4n) is 2.37. The fourth-order valence-corrected chi connectivity index (χ4v) is 3.64. The molecule has 1 aliphatic carbocycles. The van der Waals surface area contributed by atoms with Crippen molar-refractivity contribution in [2.75, 3.05) is 0 Å². The quantitative estimate of drug-likeness (QED) is 0.683. The van der Waals surface area contributed by atoms with Gasteiger partial charge in [-0.05, 0) is 18.6 Å². The zero-order chi connectivity index (χ0) is 12.0. The molecule has 1 heterocycles. The van der Waals surface area contributed by atoms with E-state index in [9.17, 15) is 4.79 Å². The van der Waals surface area contributed by atoms with Crippen LogP contribution in [-0.2, 0) is 5.41 Å². The van der Waals surface area contributed by atoms with E-state index in [1.165, 1.54) is 4.88 Å². The molecule has 0 saturated carbocycles. The monoisotopic (exact) mass is 242 g/mol. The molecule has 1 aromatic heterocycles. The molecule has 0 fully saturated rings. The summed E-state index contributed by atoms with van der Waals surface area (Å²) in [6.45, 7) is 4.42. The third-order valence-corrected chi connectivity index (χ3v) is 4.91. The first kappa shape index (κ1) is 10.7. The smallest absolute Gasteiger partial charge is 0.195 e. The highest BCUT2D eigenvalue weighted by Gasteiger charge is 2.27.